The molecule has 0 amide bonds. The van der Waals surface area contributed by atoms with Crippen LogP contribution in [0.4, 0.5) is 52.7 Å². The molecule has 0 aliphatic carbocycles. The molecule has 29 heavy (non-hydrogen) atoms. The second-order valence-electron chi connectivity index (χ2n) is 8.04. The Morgan fingerprint density at radius 2 is 0.966 bits per heavy atom. The molecule has 1 fully saturated rings. The van der Waals surface area contributed by atoms with Gasteiger partial charge in [-0.25, -0.2) is 17.6 Å². The van der Waals surface area contributed by atoms with Crippen molar-refractivity contribution in [2.45, 2.75) is 83.2 Å². The van der Waals surface area contributed by atoms with Crippen LogP contribution in [0.5, 0.6) is 0 Å². The molecule has 2 nitrogen and oxygen atoms in total. The van der Waals surface area contributed by atoms with E-state index >= 15 is 4.39 Å². The van der Waals surface area contributed by atoms with Crippen LogP contribution in [0.2, 0.25) is 0 Å². The van der Waals surface area contributed by atoms with Gasteiger partial charge in [-0.15, -0.1) is 0 Å². The smallest absolute Gasteiger partial charge is 0.293 e. The molecule has 0 aromatic carbocycles. The van der Waals surface area contributed by atoms with Gasteiger partial charge in [-0.05, 0) is 0 Å². The first kappa shape index (κ1) is 26.1. The third kappa shape index (κ3) is 3.10. The van der Waals surface area contributed by atoms with Crippen molar-refractivity contribution < 1.29 is 62.2 Å². The Bertz CT molecular complexity index is 627. The van der Waals surface area contributed by atoms with Gasteiger partial charge in [0.15, 0.2) is 0 Å². The van der Waals surface area contributed by atoms with E-state index in [1.807, 2.05) is 0 Å². The Labute approximate surface area is 157 Å². The summed E-state index contributed by atoms with van der Waals surface area (Å²) in [5.74, 6) is -25.5. The standard InChI is InChI=1S/C15H18F12O2/c1-7(2,11(19,20)9(5,16)17)8(3,4)12(21)10(6,18)28-13(29-12,14(22,23)24)15(25,26)27/h1-6H3. The molecule has 174 valence electrons. The van der Waals surface area contributed by atoms with Crippen LogP contribution in [0.1, 0.15) is 41.5 Å². The average Bonchev–Trinajstić information content (AvgIpc) is 2.65. The molecule has 1 aliphatic heterocycles. The van der Waals surface area contributed by atoms with Crippen LogP contribution in [-0.2, 0) is 9.47 Å². The zero-order chi connectivity index (χ0) is 23.9. The number of ether oxygens (including phenoxy) is 2. The maximum Gasteiger partial charge on any atom is 0.453 e. The fourth-order valence-electron chi connectivity index (χ4n) is 3.07. The lowest BCUT2D eigenvalue weighted by molar-refractivity contribution is -0.463. The first-order chi connectivity index (χ1) is 12.2. The topological polar surface area (TPSA) is 18.5 Å². The second-order valence-corrected chi connectivity index (χ2v) is 8.04. The van der Waals surface area contributed by atoms with Crippen molar-refractivity contribution in [2.24, 2.45) is 10.8 Å². The molecule has 0 radical (unpaired) electrons. The molecule has 2 unspecified atom stereocenters. The fourth-order valence-corrected chi connectivity index (χ4v) is 3.07. The van der Waals surface area contributed by atoms with Gasteiger partial charge in [0, 0.05) is 24.7 Å². The minimum absolute atomic E-state index is 0.229. The maximum absolute atomic E-state index is 15.5. The molecule has 1 rings (SSSR count). The van der Waals surface area contributed by atoms with E-state index < -0.39 is 52.5 Å². The summed E-state index contributed by atoms with van der Waals surface area (Å²) in [6, 6.07) is 0. The van der Waals surface area contributed by atoms with Crippen LogP contribution in [0.25, 0.3) is 0 Å². The lowest BCUT2D eigenvalue weighted by atomic mass is 9.58. The monoisotopic (exact) mass is 458 g/mol. The predicted octanol–water partition coefficient (Wildman–Crippen LogP) is 6.55. The van der Waals surface area contributed by atoms with Gasteiger partial charge in [0.1, 0.15) is 0 Å². The first-order valence-electron chi connectivity index (χ1n) is 7.83. The molecular formula is C15H18F12O2. The van der Waals surface area contributed by atoms with E-state index in [9.17, 15) is 48.3 Å². The summed E-state index contributed by atoms with van der Waals surface area (Å²) < 4.78 is 172. The average molecular weight is 458 g/mol. The van der Waals surface area contributed by atoms with Gasteiger partial charge in [-0.3, -0.25) is 9.47 Å². The number of halogens is 12. The van der Waals surface area contributed by atoms with Crippen LogP contribution in [0.3, 0.4) is 0 Å². The summed E-state index contributed by atoms with van der Waals surface area (Å²) >= 11 is 0. The Morgan fingerprint density at radius 3 is 1.21 bits per heavy atom. The molecule has 1 heterocycles. The maximum atomic E-state index is 15.5. The molecule has 2 atom stereocenters. The van der Waals surface area contributed by atoms with Crippen LogP contribution in [0, 0.1) is 10.8 Å². The Balaban J connectivity index is 3.79. The van der Waals surface area contributed by atoms with Gasteiger partial charge >= 0.3 is 30.0 Å². The van der Waals surface area contributed by atoms with Crippen molar-refractivity contribution in [1.82, 2.24) is 0 Å². The van der Waals surface area contributed by atoms with Gasteiger partial charge in [0.2, 0.25) is 0 Å². The minimum atomic E-state index is -6.61. The van der Waals surface area contributed by atoms with Gasteiger partial charge in [0.25, 0.3) is 11.7 Å². The Hall–Kier alpha value is -0.920. The summed E-state index contributed by atoms with van der Waals surface area (Å²) in [5, 5.41) is 0. The molecule has 0 aromatic heterocycles. The fraction of sp³-hybridized carbons (Fsp3) is 1.00. The number of hydrogen-bond acceptors (Lipinski definition) is 2. The van der Waals surface area contributed by atoms with E-state index in [0.717, 1.165) is 0 Å². The van der Waals surface area contributed by atoms with E-state index in [0.29, 0.717) is 0 Å². The summed E-state index contributed by atoms with van der Waals surface area (Å²) in [4.78, 5) is 0. The lowest BCUT2D eigenvalue weighted by Gasteiger charge is -2.53. The van der Waals surface area contributed by atoms with E-state index in [1.165, 1.54) is 0 Å². The van der Waals surface area contributed by atoms with Crippen molar-refractivity contribution in [2.75, 3.05) is 0 Å². The van der Waals surface area contributed by atoms with Gasteiger partial charge in [-0.1, -0.05) is 27.7 Å². The number of rotatable bonds is 4. The molecule has 14 heteroatoms. The predicted molar refractivity (Wildman–Crippen MR) is 73.5 cm³/mol. The van der Waals surface area contributed by atoms with Crippen molar-refractivity contribution in [1.29, 1.82) is 0 Å². The molecule has 0 aromatic rings. The van der Waals surface area contributed by atoms with E-state index in [1.54, 1.807) is 0 Å². The molecule has 0 N–H and O–H groups in total. The molecule has 1 aliphatic rings. The first-order valence-corrected chi connectivity index (χ1v) is 7.83. The lowest BCUT2D eigenvalue weighted by Crippen LogP contribution is -2.66. The molecule has 0 spiro atoms. The third-order valence-electron chi connectivity index (χ3n) is 5.64. The molecule has 1 saturated heterocycles. The third-order valence-corrected chi connectivity index (χ3v) is 5.64. The molecule has 0 bridgehead atoms. The zero-order valence-corrected chi connectivity index (χ0v) is 15.9. The van der Waals surface area contributed by atoms with Crippen molar-refractivity contribution in [3.05, 3.63) is 0 Å². The van der Waals surface area contributed by atoms with Crippen molar-refractivity contribution in [3.63, 3.8) is 0 Å². The quantitative estimate of drug-likeness (QED) is 0.445. The highest BCUT2D eigenvalue weighted by molar-refractivity contribution is 5.14. The van der Waals surface area contributed by atoms with Crippen molar-refractivity contribution >= 4 is 0 Å². The summed E-state index contributed by atoms with van der Waals surface area (Å²) in [5.41, 5.74) is -6.90. The van der Waals surface area contributed by atoms with Gasteiger partial charge in [-0.2, -0.15) is 35.1 Å². The Morgan fingerprint density at radius 1 is 0.621 bits per heavy atom. The molecule has 0 saturated carbocycles. The zero-order valence-electron chi connectivity index (χ0n) is 15.9. The largest absolute Gasteiger partial charge is 0.453 e. The van der Waals surface area contributed by atoms with Crippen molar-refractivity contribution in [3.8, 4) is 0 Å². The number of hydrogen-bond donors (Lipinski definition) is 0. The summed E-state index contributed by atoms with van der Waals surface area (Å²) in [6.07, 6.45) is -13.2. The van der Waals surface area contributed by atoms with Gasteiger partial charge in [0.05, 0.1) is 0 Å². The number of alkyl halides is 12. The minimum Gasteiger partial charge on any atom is -0.293 e. The normalized spacial score (nSPS) is 30.0. The van der Waals surface area contributed by atoms with E-state index in [-0.39, 0.29) is 41.5 Å². The second kappa shape index (κ2) is 6.07. The summed E-state index contributed by atoms with van der Waals surface area (Å²) in [6.45, 7) is 0.379. The van der Waals surface area contributed by atoms with Crippen LogP contribution in [0.15, 0.2) is 0 Å². The van der Waals surface area contributed by atoms with Gasteiger partial charge < -0.3 is 0 Å². The van der Waals surface area contributed by atoms with Crippen LogP contribution < -0.4 is 0 Å². The Kier molecular flexibility index (Phi) is 5.47. The highest BCUT2D eigenvalue weighted by atomic mass is 19.4. The highest BCUT2D eigenvalue weighted by Gasteiger charge is 2.89. The highest BCUT2D eigenvalue weighted by Crippen LogP contribution is 2.69. The van der Waals surface area contributed by atoms with Crippen LogP contribution >= 0.6 is 0 Å². The van der Waals surface area contributed by atoms with Crippen LogP contribution in [-0.4, -0.2) is 41.7 Å². The summed E-state index contributed by atoms with van der Waals surface area (Å²) in [7, 11) is 0. The van der Waals surface area contributed by atoms with E-state index in [2.05, 4.69) is 9.47 Å². The SMILES string of the molecule is CC(F)(F)C(F)(F)C(C)(C)C(C)(C)C1(F)OC(C(F)(F)F)(C(F)(F)F)OC1(C)F. The molecular weight excluding hydrogens is 440 g/mol. The van der Waals surface area contributed by atoms with E-state index in [4.69, 9.17) is 0 Å².